The monoisotopic (exact) mass is 438 g/mol. The van der Waals surface area contributed by atoms with Crippen molar-refractivity contribution in [3.63, 3.8) is 0 Å². The van der Waals surface area contributed by atoms with Crippen molar-refractivity contribution in [3.8, 4) is 0 Å². The SMILES string of the molecule is CCNC(=NCc1ccc(Br)c(F)c1)NC1CCN(c2cccs2)CC1. The Morgan fingerprint density at radius 3 is 2.81 bits per heavy atom. The molecule has 2 heterocycles. The quantitative estimate of drug-likeness (QED) is 0.537. The van der Waals surface area contributed by atoms with Gasteiger partial charge < -0.3 is 15.5 Å². The summed E-state index contributed by atoms with van der Waals surface area (Å²) in [4.78, 5) is 7.06. The fourth-order valence-corrected chi connectivity index (χ4v) is 4.05. The highest BCUT2D eigenvalue weighted by molar-refractivity contribution is 9.10. The molecule has 3 rings (SSSR count). The van der Waals surface area contributed by atoms with Gasteiger partial charge in [0.2, 0.25) is 0 Å². The Hall–Kier alpha value is -1.60. The van der Waals surface area contributed by atoms with Crippen LogP contribution < -0.4 is 15.5 Å². The van der Waals surface area contributed by atoms with E-state index in [1.54, 1.807) is 17.4 Å². The van der Waals surface area contributed by atoms with Crippen molar-refractivity contribution in [1.82, 2.24) is 10.6 Å². The van der Waals surface area contributed by atoms with E-state index < -0.39 is 0 Å². The highest BCUT2D eigenvalue weighted by Gasteiger charge is 2.20. The predicted octanol–water partition coefficient (Wildman–Crippen LogP) is 4.37. The molecular weight excluding hydrogens is 415 g/mol. The minimum atomic E-state index is -0.253. The van der Waals surface area contributed by atoms with Crippen LogP contribution in [0.4, 0.5) is 9.39 Å². The van der Waals surface area contributed by atoms with Crippen LogP contribution >= 0.6 is 27.3 Å². The first-order valence-electron chi connectivity index (χ1n) is 8.93. The van der Waals surface area contributed by atoms with Crippen molar-refractivity contribution >= 4 is 38.2 Å². The smallest absolute Gasteiger partial charge is 0.191 e. The van der Waals surface area contributed by atoms with Gasteiger partial charge in [-0.15, -0.1) is 11.3 Å². The molecule has 1 aromatic carbocycles. The Bertz CT molecular complexity index is 727. The van der Waals surface area contributed by atoms with E-state index in [1.807, 2.05) is 6.07 Å². The van der Waals surface area contributed by atoms with E-state index in [4.69, 9.17) is 0 Å². The lowest BCUT2D eigenvalue weighted by Crippen LogP contribution is -2.48. The molecule has 1 aliphatic heterocycles. The van der Waals surface area contributed by atoms with Gasteiger partial charge in [0.05, 0.1) is 16.0 Å². The lowest BCUT2D eigenvalue weighted by molar-refractivity contribution is 0.463. The van der Waals surface area contributed by atoms with Gasteiger partial charge in [-0.25, -0.2) is 9.38 Å². The Morgan fingerprint density at radius 1 is 1.35 bits per heavy atom. The fourth-order valence-electron chi connectivity index (χ4n) is 3.02. The van der Waals surface area contributed by atoms with Gasteiger partial charge in [0.25, 0.3) is 0 Å². The Labute approximate surface area is 166 Å². The third kappa shape index (κ3) is 5.20. The molecule has 1 fully saturated rings. The zero-order chi connectivity index (χ0) is 18.4. The second kappa shape index (κ2) is 9.37. The summed E-state index contributed by atoms with van der Waals surface area (Å²) in [5, 5.41) is 10.3. The first-order valence-corrected chi connectivity index (χ1v) is 10.6. The highest BCUT2D eigenvalue weighted by Crippen LogP contribution is 2.24. The third-order valence-corrected chi connectivity index (χ3v) is 5.97. The molecule has 2 N–H and O–H groups in total. The number of halogens is 2. The summed E-state index contributed by atoms with van der Waals surface area (Å²) in [6.45, 7) is 5.41. The molecule has 0 amide bonds. The summed E-state index contributed by atoms with van der Waals surface area (Å²) in [5.41, 5.74) is 0.857. The normalized spacial score (nSPS) is 16.0. The molecule has 140 valence electrons. The van der Waals surface area contributed by atoms with Gasteiger partial charge in [-0.3, -0.25) is 0 Å². The third-order valence-electron chi connectivity index (χ3n) is 4.40. The summed E-state index contributed by atoms with van der Waals surface area (Å²) < 4.78 is 14.1. The van der Waals surface area contributed by atoms with Gasteiger partial charge in [0.15, 0.2) is 5.96 Å². The van der Waals surface area contributed by atoms with Gasteiger partial charge >= 0.3 is 0 Å². The molecular formula is C19H24BrFN4S. The first-order chi connectivity index (χ1) is 12.7. The highest BCUT2D eigenvalue weighted by atomic mass is 79.9. The standard InChI is InChI=1S/C19H24BrFN4S/c1-2-22-19(23-13-14-5-6-16(20)17(21)12-14)24-15-7-9-25(10-8-15)18-4-3-11-26-18/h3-6,11-12,15H,2,7-10,13H2,1H3,(H2,22,23,24). The van der Waals surface area contributed by atoms with Crippen molar-refractivity contribution in [2.45, 2.75) is 32.4 Å². The molecule has 7 heteroatoms. The van der Waals surface area contributed by atoms with Crippen molar-refractivity contribution in [3.05, 3.63) is 51.6 Å². The summed E-state index contributed by atoms with van der Waals surface area (Å²) in [5.74, 6) is 0.544. The number of anilines is 1. The van der Waals surface area contributed by atoms with Crippen molar-refractivity contribution in [2.24, 2.45) is 4.99 Å². The number of benzene rings is 1. The summed E-state index contributed by atoms with van der Waals surface area (Å²) >= 11 is 4.98. The van der Waals surface area contributed by atoms with Gasteiger partial charge in [-0.2, -0.15) is 0 Å². The molecule has 1 aliphatic rings. The van der Waals surface area contributed by atoms with Crippen LogP contribution in [-0.2, 0) is 6.54 Å². The molecule has 1 saturated heterocycles. The van der Waals surface area contributed by atoms with Crippen LogP contribution in [0, 0.1) is 5.82 Å². The van der Waals surface area contributed by atoms with E-state index in [1.165, 1.54) is 11.1 Å². The number of hydrogen-bond acceptors (Lipinski definition) is 3. The number of rotatable bonds is 5. The number of thiophene rings is 1. The summed E-state index contributed by atoms with van der Waals surface area (Å²) in [7, 11) is 0. The molecule has 2 aromatic rings. The average molecular weight is 439 g/mol. The van der Waals surface area contributed by atoms with Crippen molar-refractivity contribution < 1.29 is 4.39 Å². The van der Waals surface area contributed by atoms with Crippen molar-refractivity contribution in [2.75, 3.05) is 24.5 Å². The van der Waals surface area contributed by atoms with Crippen LogP contribution in [0.2, 0.25) is 0 Å². The predicted molar refractivity (Wildman–Crippen MR) is 112 cm³/mol. The van der Waals surface area contributed by atoms with Gasteiger partial charge in [-0.1, -0.05) is 6.07 Å². The first kappa shape index (κ1) is 19.2. The molecule has 0 bridgehead atoms. The van der Waals surface area contributed by atoms with E-state index in [-0.39, 0.29) is 5.82 Å². The van der Waals surface area contributed by atoms with Crippen molar-refractivity contribution in [1.29, 1.82) is 0 Å². The van der Waals surface area contributed by atoms with Crippen LogP contribution in [0.25, 0.3) is 0 Å². The maximum Gasteiger partial charge on any atom is 0.191 e. The molecule has 4 nitrogen and oxygen atoms in total. The minimum absolute atomic E-state index is 0.253. The van der Waals surface area contributed by atoms with Crippen LogP contribution in [0.5, 0.6) is 0 Å². The maximum absolute atomic E-state index is 13.6. The van der Waals surface area contributed by atoms with Gasteiger partial charge in [0, 0.05) is 25.7 Å². The Kier molecular flexibility index (Phi) is 6.91. The number of nitrogens with zero attached hydrogens (tertiary/aromatic N) is 2. The number of aliphatic imine (C=N–C) groups is 1. The number of hydrogen-bond donors (Lipinski definition) is 2. The van der Waals surface area contributed by atoms with E-state index in [2.05, 4.69) is 60.9 Å². The Morgan fingerprint density at radius 2 is 2.15 bits per heavy atom. The molecule has 0 saturated carbocycles. The van der Waals surface area contributed by atoms with Crippen LogP contribution in [0.3, 0.4) is 0 Å². The average Bonchev–Trinajstić information content (AvgIpc) is 3.18. The van der Waals surface area contributed by atoms with E-state index in [0.29, 0.717) is 17.1 Å². The number of nitrogens with one attached hydrogen (secondary N) is 2. The molecule has 0 unspecified atom stereocenters. The summed E-state index contributed by atoms with van der Waals surface area (Å²) in [6, 6.07) is 9.83. The lowest BCUT2D eigenvalue weighted by atomic mass is 10.1. The Balaban J connectivity index is 1.55. The zero-order valence-electron chi connectivity index (χ0n) is 14.8. The lowest BCUT2D eigenvalue weighted by Gasteiger charge is -2.33. The molecule has 1 aromatic heterocycles. The molecule has 0 spiro atoms. The van der Waals surface area contributed by atoms with Crippen LogP contribution in [-0.4, -0.2) is 31.6 Å². The number of piperidine rings is 1. The zero-order valence-corrected chi connectivity index (χ0v) is 17.2. The largest absolute Gasteiger partial charge is 0.363 e. The fraction of sp³-hybridized carbons (Fsp3) is 0.421. The summed E-state index contributed by atoms with van der Waals surface area (Å²) in [6.07, 6.45) is 2.16. The van der Waals surface area contributed by atoms with Crippen LogP contribution in [0.15, 0.2) is 45.2 Å². The van der Waals surface area contributed by atoms with E-state index in [0.717, 1.165) is 44.0 Å². The number of guanidine groups is 1. The van der Waals surface area contributed by atoms with Gasteiger partial charge in [-0.05, 0) is 70.9 Å². The molecule has 0 atom stereocenters. The van der Waals surface area contributed by atoms with E-state index in [9.17, 15) is 4.39 Å². The maximum atomic E-state index is 13.6. The molecule has 26 heavy (non-hydrogen) atoms. The van der Waals surface area contributed by atoms with Crippen LogP contribution in [0.1, 0.15) is 25.3 Å². The minimum Gasteiger partial charge on any atom is -0.363 e. The molecule has 0 aliphatic carbocycles. The molecule has 0 radical (unpaired) electrons. The second-order valence-electron chi connectivity index (χ2n) is 6.30. The second-order valence-corrected chi connectivity index (χ2v) is 8.08. The van der Waals surface area contributed by atoms with E-state index >= 15 is 0 Å². The topological polar surface area (TPSA) is 39.7 Å². The van der Waals surface area contributed by atoms with Gasteiger partial charge in [0.1, 0.15) is 5.82 Å².